The number of rotatable bonds is 2. The molecular formula is C14H20FIN2. The molecule has 0 saturated carbocycles. The van der Waals surface area contributed by atoms with Gasteiger partial charge in [0.15, 0.2) is 0 Å². The Balaban J connectivity index is 2.20. The summed E-state index contributed by atoms with van der Waals surface area (Å²) in [5.74, 6) is 0.459. The summed E-state index contributed by atoms with van der Waals surface area (Å²) < 4.78 is 14.2. The standard InChI is InChI=1S/C14H20FIN2/c1-10(2)13-9-18(7-3-6-17-13)14-5-4-11(15)8-12(14)16/h4-5,8,10,13,17H,3,6-7,9H2,1-2H3. The van der Waals surface area contributed by atoms with Gasteiger partial charge < -0.3 is 10.2 Å². The highest BCUT2D eigenvalue weighted by atomic mass is 127. The van der Waals surface area contributed by atoms with Crippen molar-refractivity contribution in [3.05, 3.63) is 27.6 Å². The first-order valence-electron chi connectivity index (χ1n) is 6.51. The second kappa shape index (κ2) is 6.19. The summed E-state index contributed by atoms with van der Waals surface area (Å²) in [5.41, 5.74) is 1.16. The van der Waals surface area contributed by atoms with Crippen LogP contribution in [-0.4, -0.2) is 25.7 Å². The van der Waals surface area contributed by atoms with Crippen molar-refractivity contribution in [2.75, 3.05) is 24.5 Å². The molecule has 18 heavy (non-hydrogen) atoms. The van der Waals surface area contributed by atoms with Crippen molar-refractivity contribution in [2.24, 2.45) is 5.92 Å². The van der Waals surface area contributed by atoms with E-state index in [4.69, 9.17) is 0 Å². The van der Waals surface area contributed by atoms with Crippen LogP contribution in [0.25, 0.3) is 0 Å². The van der Waals surface area contributed by atoms with Crippen molar-refractivity contribution in [3.63, 3.8) is 0 Å². The summed E-state index contributed by atoms with van der Waals surface area (Å²) in [4.78, 5) is 2.38. The van der Waals surface area contributed by atoms with Gasteiger partial charge in [0.1, 0.15) is 5.82 Å². The number of anilines is 1. The van der Waals surface area contributed by atoms with Crippen LogP contribution in [0.3, 0.4) is 0 Å². The predicted molar refractivity (Wildman–Crippen MR) is 82.6 cm³/mol. The SMILES string of the molecule is CC(C)C1CN(c2ccc(F)cc2I)CCCN1. The van der Waals surface area contributed by atoms with E-state index in [-0.39, 0.29) is 5.82 Å². The Kier molecular flexibility index (Phi) is 4.84. The maximum absolute atomic E-state index is 13.2. The molecule has 1 heterocycles. The third kappa shape index (κ3) is 3.35. The quantitative estimate of drug-likeness (QED) is 0.813. The van der Waals surface area contributed by atoms with Gasteiger partial charge in [0, 0.05) is 22.7 Å². The molecule has 1 fully saturated rings. The number of hydrogen-bond donors (Lipinski definition) is 1. The molecule has 1 aliphatic rings. The van der Waals surface area contributed by atoms with Gasteiger partial charge in [-0.15, -0.1) is 0 Å². The van der Waals surface area contributed by atoms with Gasteiger partial charge in [0.25, 0.3) is 0 Å². The predicted octanol–water partition coefficient (Wildman–Crippen LogP) is 3.25. The first-order chi connectivity index (χ1) is 8.58. The fourth-order valence-electron chi connectivity index (χ4n) is 2.35. The molecule has 2 rings (SSSR count). The topological polar surface area (TPSA) is 15.3 Å². The zero-order chi connectivity index (χ0) is 13.1. The van der Waals surface area contributed by atoms with Crippen LogP contribution in [0.2, 0.25) is 0 Å². The molecule has 100 valence electrons. The lowest BCUT2D eigenvalue weighted by atomic mass is 10.0. The molecule has 1 aliphatic heterocycles. The van der Waals surface area contributed by atoms with E-state index in [1.165, 1.54) is 0 Å². The van der Waals surface area contributed by atoms with Crippen LogP contribution >= 0.6 is 22.6 Å². The van der Waals surface area contributed by atoms with Gasteiger partial charge >= 0.3 is 0 Å². The molecule has 1 atom stereocenters. The number of halogens is 2. The van der Waals surface area contributed by atoms with E-state index in [0.29, 0.717) is 12.0 Å². The van der Waals surface area contributed by atoms with Crippen molar-refractivity contribution < 1.29 is 4.39 Å². The van der Waals surface area contributed by atoms with Crippen LogP contribution < -0.4 is 10.2 Å². The van der Waals surface area contributed by atoms with Gasteiger partial charge in [0.2, 0.25) is 0 Å². The lowest BCUT2D eigenvalue weighted by Gasteiger charge is -2.29. The molecule has 1 aromatic carbocycles. The van der Waals surface area contributed by atoms with E-state index in [1.54, 1.807) is 12.1 Å². The Labute approximate surface area is 122 Å². The van der Waals surface area contributed by atoms with Crippen LogP contribution in [0.4, 0.5) is 10.1 Å². The van der Waals surface area contributed by atoms with Crippen molar-refractivity contribution >= 4 is 28.3 Å². The smallest absolute Gasteiger partial charge is 0.124 e. The minimum atomic E-state index is -0.156. The number of benzene rings is 1. The van der Waals surface area contributed by atoms with Crippen molar-refractivity contribution in [2.45, 2.75) is 26.3 Å². The average Bonchev–Trinajstić information content (AvgIpc) is 2.54. The fourth-order valence-corrected chi connectivity index (χ4v) is 3.17. The molecule has 0 spiro atoms. The Morgan fingerprint density at radius 1 is 1.44 bits per heavy atom. The van der Waals surface area contributed by atoms with E-state index in [1.807, 2.05) is 6.07 Å². The molecule has 0 bridgehead atoms. The second-order valence-corrected chi connectivity index (χ2v) is 6.36. The van der Waals surface area contributed by atoms with Gasteiger partial charge in [0.05, 0.1) is 5.69 Å². The number of nitrogens with zero attached hydrogens (tertiary/aromatic N) is 1. The zero-order valence-corrected chi connectivity index (χ0v) is 13.1. The number of nitrogens with one attached hydrogen (secondary N) is 1. The summed E-state index contributed by atoms with van der Waals surface area (Å²) in [5, 5.41) is 3.59. The lowest BCUT2D eigenvalue weighted by Crippen LogP contribution is -2.41. The molecule has 1 unspecified atom stereocenters. The molecule has 0 radical (unpaired) electrons. The molecule has 2 nitrogen and oxygen atoms in total. The molecule has 1 N–H and O–H groups in total. The number of hydrogen-bond acceptors (Lipinski definition) is 2. The van der Waals surface area contributed by atoms with Gasteiger partial charge in [-0.25, -0.2) is 4.39 Å². The molecule has 1 saturated heterocycles. The highest BCUT2D eigenvalue weighted by Gasteiger charge is 2.21. The molecule has 0 amide bonds. The monoisotopic (exact) mass is 362 g/mol. The minimum Gasteiger partial charge on any atom is -0.369 e. The summed E-state index contributed by atoms with van der Waals surface area (Å²) in [6.07, 6.45) is 1.14. The zero-order valence-electron chi connectivity index (χ0n) is 10.9. The van der Waals surface area contributed by atoms with Crippen molar-refractivity contribution in [1.29, 1.82) is 0 Å². The normalized spacial score (nSPS) is 21.2. The Hall–Kier alpha value is -0.360. The van der Waals surface area contributed by atoms with Gasteiger partial charge in [-0.1, -0.05) is 13.8 Å². The van der Waals surface area contributed by atoms with E-state index >= 15 is 0 Å². The molecule has 0 aliphatic carbocycles. The highest BCUT2D eigenvalue weighted by molar-refractivity contribution is 14.1. The summed E-state index contributed by atoms with van der Waals surface area (Å²) in [6, 6.07) is 5.58. The van der Waals surface area contributed by atoms with Crippen LogP contribution in [0.1, 0.15) is 20.3 Å². The first kappa shape index (κ1) is 14.1. The average molecular weight is 362 g/mol. The maximum atomic E-state index is 13.2. The van der Waals surface area contributed by atoms with E-state index in [0.717, 1.165) is 35.3 Å². The summed E-state index contributed by atoms with van der Waals surface area (Å²) in [6.45, 7) is 7.60. The first-order valence-corrected chi connectivity index (χ1v) is 7.59. The third-order valence-electron chi connectivity index (χ3n) is 3.48. The van der Waals surface area contributed by atoms with Crippen molar-refractivity contribution in [3.8, 4) is 0 Å². The second-order valence-electron chi connectivity index (χ2n) is 5.20. The third-order valence-corrected chi connectivity index (χ3v) is 4.35. The van der Waals surface area contributed by atoms with Crippen LogP contribution in [0, 0.1) is 15.3 Å². The van der Waals surface area contributed by atoms with E-state index in [9.17, 15) is 4.39 Å². The van der Waals surface area contributed by atoms with Crippen LogP contribution in [0.5, 0.6) is 0 Å². The van der Waals surface area contributed by atoms with Crippen LogP contribution in [0.15, 0.2) is 18.2 Å². The molecule has 0 aromatic heterocycles. The Morgan fingerprint density at radius 2 is 2.22 bits per heavy atom. The Morgan fingerprint density at radius 3 is 2.89 bits per heavy atom. The largest absolute Gasteiger partial charge is 0.369 e. The fraction of sp³-hybridized carbons (Fsp3) is 0.571. The van der Waals surface area contributed by atoms with Gasteiger partial charge in [-0.3, -0.25) is 0 Å². The van der Waals surface area contributed by atoms with E-state index < -0.39 is 0 Å². The van der Waals surface area contributed by atoms with Crippen LogP contribution in [-0.2, 0) is 0 Å². The molecule has 4 heteroatoms. The summed E-state index contributed by atoms with van der Waals surface area (Å²) >= 11 is 2.22. The van der Waals surface area contributed by atoms with Gasteiger partial charge in [-0.05, 0) is 59.7 Å². The highest BCUT2D eigenvalue weighted by Crippen LogP contribution is 2.25. The lowest BCUT2D eigenvalue weighted by molar-refractivity contribution is 0.420. The van der Waals surface area contributed by atoms with Gasteiger partial charge in [-0.2, -0.15) is 0 Å². The van der Waals surface area contributed by atoms with E-state index in [2.05, 4.69) is 46.7 Å². The molecular weight excluding hydrogens is 342 g/mol. The molecule has 1 aromatic rings. The van der Waals surface area contributed by atoms with Crippen molar-refractivity contribution in [1.82, 2.24) is 5.32 Å². The minimum absolute atomic E-state index is 0.156. The summed E-state index contributed by atoms with van der Waals surface area (Å²) in [7, 11) is 0. The Bertz CT molecular complexity index is 409. The maximum Gasteiger partial charge on any atom is 0.124 e.